The number of hydrogen-bond acceptors (Lipinski definition) is 2. The zero-order valence-corrected chi connectivity index (χ0v) is 20.2. The molecule has 6 rings (SSSR count). The van der Waals surface area contributed by atoms with Crippen LogP contribution < -0.4 is 21.9 Å². The van der Waals surface area contributed by atoms with E-state index in [1.54, 1.807) is 0 Å². The summed E-state index contributed by atoms with van der Waals surface area (Å²) >= 11 is 0. The van der Waals surface area contributed by atoms with Crippen LogP contribution in [0.2, 0.25) is 0 Å². The lowest BCUT2D eigenvalue weighted by Crippen LogP contribution is -2.49. The van der Waals surface area contributed by atoms with Crippen LogP contribution in [0.3, 0.4) is 0 Å². The number of benzene rings is 4. The predicted octanol–water partition coefficient (Wildman–Crippen LogP) is 4.15. The second kappa shape index (κ2) is 7.73. The Balaban J connectivity index is 1.40. The van der Waals surface area contributed by atoms with Gasteiger partial charge in [0.25, 0.3) is 0 Å². The first-order chi connectivity index (χ1) is 16.3. The van der Waals surface area contributed by atoms with Gasteiger partial charge < -0.3 is 9.31 Å². The van der Waals surface area contributed by atoms with E-state index in [0.29, 0.717) is 0 Å². The zero-order valence-electron chi connectivity index (χ0n) is 20.2. The van der Waals surface area contributed by atoms with Crippen molar-refractivity contribution < 1.29 is 9.31 Å². The number of hydrogen-bond donors (Lipinski definition) is 0. The average molecular weight is 442 g/mol. The molecule has 0 N–H and O–H groups in total. The van der Waals surface area contributed by atoms with E-state index >= 15 is 0 Å². The molecule has 0 bridgehead atoms. The Hall–Kier alpha value is -3.07. The lowest BCUT2D eigenvalue weighted by atomic mass is 9.38. The Morgan fingerprint density at radius 2 is 1.12 bits per heavy atom. The van der Waals surface area contributed by atoms with Crippen molar-refractivity contribution in [3.05, 3.63) is 97.1 Å². The molecule has 4 aromatic carbocycles. The summed E-state index contributed by atoms with van der Waals surface area (Å²) in [5.41, 5.74) is 9.57. The number of fused-ring (bicyclic) bond motifs is 3. The van der Waals surface area contributed by atoms with Crippen LogP contribution in [0.5, 0.6) is 0 Å². The first-order valence-electron chi connectivity index (χ1n) is 12.1. The van der Waals surface area contributed by atoms with E-state index in [0.717, 1.165) is 5.46 Å². The molecule has 2 nitrogen and oxygen atoms in total. The Morgan fingerprint density at radius 1 is 0.529 bits per heavy atom. The summed E-state index contributed by atoms with van der Waals surface area (Å²) in [4.78, 5) is 0. The van der Waals surface area contributed by atoms with Crippen LogP contribution in [0.1, 0.15) is 27.7 Å². The van der Waals surface area contributed by atoms with Crippen LogP contribution in [-0.4, -0.2) is 25.0 Å². The van der Waals surface area contributed by atoms with Crippen molar-refractivity contribution in [2.45, 2.75) is 38.9 Å². The van der Waals surface area contributed by atoms with Crippen molar-refractivity contribution >= 4 is 35.7 Å². The van der Waals surface area contributed by atoms with E-state index in [4.69, 9.17) is 9.31 Å². The molecule has 34 heavy (non-hydrogen) atoms. The molecule has 2 aliphatic rings. The van der Waals surface area contributed by atoms with Crippen LogP contribution in [0.15, 0.2) is 97.1 Å². The van der Waals surface area contributed by atoms with E-state index in [1.807, 2.05) is 0 Å². The van der Waals surface area contributed by atoms with E-state index in [-0.39, 0.29) is 25.0 Å². The molecule has 166 valence electrons. The van der Waals surface area contributed by atoms with Crippen molar-refractivity contribution in [3.63, 3.8) is 0 Å². The van der Waals surface area contributed by atoms with Gasteiger partial charge in [-0.25, -0.2) is 0 Å². The van der Waals surface area contributed by atoms with Crippen LogP contribution in [0.4, 0.5) is 0 Å². The maximum absolute atomic E-state index is 6.27. The van der Waals surface area contributed by atoms with Crippen LogP contribution in [0.25, 0.3) is 22.3 Å². The molecular formula is C30H28B2O2. The molecule has 0 saturated carbocycles. The maximum atomic E-state index is 6.27. The van der Waals surface area contributed by atoms with Gasteiger partial charge in [0.2, 0.25) is 6.71 Å². The smallest absolute Gasteiger partial charge is 0.399 e. The minimum Gasteiger partial charge on any atom is -0.399 e. The van der Waals surface area contributed by atoms with Gasteiger partial charge in [0.05, 0.1) is 11.2 Å². The fourth-order valence-corrected chi connectivity index (χ4v) is 5.20. The lowest BCUT2D eigenvalue weighted by molar-refractivity contribution is 0.00578. The van der Waals surface area contributed by atoms with Crippen molar-refractivity contribution in [1.29, 1.82) is 0 Å². The normalized spacial score (nSPS) is 17.5. The fraction of sp³-hybridized carbons (Fsp3) is 0.200. The highest BCUT2D eigenvalue weighted by atomic mass is 16.7. The molecule has 0 amide bonds. The molecule has 0 aromatic heterocycles. The minimum absolute atomic E-state index is 0.210. The molecule has 2 heterocycles. The molecule has 0 unspecified atom stereocenters. The third kappa shape index (κ3) is 3.36. The van der Waals surface area contributed by atoms with Gasteiger partial charge in [-0.05, 0) is 55.4 Å². The topological polar surface area (TPSA) is 18.5 Å². The highest BCUT2D eigenvalue weighted by Gasteiger charge is 2.51. The van der Waals surface area contributed by atoms with E-state index in [1.165, 1.54) is 38.6 Å². The highest BCUT2D eigenvalue weighted by Crippen LogP contribution is 2.36. The monoisotopic (exact) mass is 442 g/mol. The fourth-order valence-electron chi connectivity index (χ4n) is 5.20. The van der Waals surface area contributed by atoms with Crippen LogP contribution in [0, 0.1) is 0 Å². The molecule has 2 aliphatic heterocycles. The summed E-state index contributed by atoms with van der Waals surface area (Å²) in [6.07, 6.45) is 0. The summed E-state index contributed by atoms with van der Waals surface area (Å²) in [5, 5.41) is 0. The Morgan fingerprint density at radius 3 is 1.82 bits per heavy atom. The minimum atomic E-state index is -0.341. The summed E-state index contributed by atoms with van der Waals surface area (Å²) < 4.78 is 12.5. The van der Waals surface area contributed by atoms with Crippen molar-refractivity contribution in [2.75, 3.05) is 0 Å². The quantitative estimate of drug-likeness (QED) is 0.391. The Bertz CT molecular complexity index is 1340. The maximum Gasteiger partial charge on any atom is 0.494 e. The van der Waals surface area contributed by atoms with Crippen LogP contribution >= 0.6 is 0 Å². The lowest BCUT2D eigenvalue weighted by Gasteiger charge is -2.32. The molecule has 1 fully saturated rings. The summed E-state index contributed by atoms with van der Waals surface area (Å²) in [7, 11) is -0.341. The van der Waals surface area contributed by atoms with Gasteiger partial charge in [-0.2, -0.15) is 0 Å². The van der Waals surface area contributed by atoms with Gasteiger partial charge in [-0.15, -0.1) is 0 Å². The van der Waals surface area contributed by atoms with Gasteiger partial charge in [0, 0.05) is 0 Å². The molecule has 0 spiro atoms. The van der Waals surface area contributed by atoms with Gasteiger partial charge in [0.15, 0.2) is 0 Å². The Labute approximate surface area is 203 Å². The first kappa shape index (κ1) is 21.5. The van der Waals surface area contributed by atoms with Crippen LogP contribution in [-0.2, 0) is 9.31 Å². The molecular weight excluding hydrogens is 414 g/mol. The molecule has 0 aliphatic carbocycles. The summed E-state index contributed by atoms with van der Waals surface area (Å²) in [6, 6.07) is 35.1. The molecule has 4 heteroatoms. The van der Waals surface area contributed by atoms with E-state index in [9.17, 15) is 0 Å². The highest BCUT2D eigenvalue weighted by molar-refractivity contribution is 6.99. The molecule has 1 saturated heterocycles. The molecule has 0 atom stereocenters. The van der Waals surface area contributed by atoms with Crippen molar-refractivity contribution in [3.8, 4) is 22.3 Å². The standard InChI is InChI=1S/C30H28B2O2/c1-29(2)30(3,4)34-32(33-29)24-17-15-23(16-18-24)31-27-13-9-8-12-25(27)26-19-14-22(20-28(26)31)21-10-6-5-7-11-21/h5-20H,1-4H3. The van der Waals surface area contributed by atoms with Crippen molar-refractivity contribution in [2.24, 2.45) is 0 Å². The Kier molecular flexibility index (Phi) is 4.88. The first-order valence-corrected chi connectivity index (χ1v) is 12.1. The number of rotatable bonds is 3. The largest absolute Gasteiger partial charge is 0.494 e. The molecule has 4 aromatic rings. The van der Waals surface area contributed by atoms with Gasteiger partial charge in [0.1, 0.15) is 0 Å². The third-order valence-electron chi connectivity index (χ3n) is 7.83. The summed E-state index contributed by atoms with van der Waals surface area (Å²) in [5.74, 6) is 0. The SMILES string of the molecule is CC1(C)OB(c2ccc(B3c4ccccc4-c4ccc(-c5ccccc5)cc43)cc2)OC1(C)C. The molecule has 0 radical (unpaired) electrons. The van der Waals surface area contributed by atoms with Crippen molar-refractivity contribution in [1.82, 2.24) is 0 Å². The zero-order chi connectivity index (χ0) is 23.5. The van der Waals surface area contributed by atoms with Gasteiger partial charge in [-0.1, -0.05) is 113 Å². The second-order valence-corrected chi connectivity index (χ2v) is 10.4. The van der Waals surface area contributed by atoms with Gasteiger partial charge in [-0.3, -0.25) is 0 Å². The van der Waals surface area contributed by atoms with E-state index < -0.39 is 0 Å². The predicted molar refractivity (Wildman–Crippen MR) is 144 cm³/mol. The third-order valence-corrected chi connectivity index (χ3v) is 7.83. The average Bonchev–Trinajstić information content (AvgIpc) is 3.29. The van der Waals surface area contributed by atoms with Gasteiger partial charge >= 0.3 is 7.12 Å². The van der Waals surface area contributed by atoms with E-state index in [2.05, 4.69) is 125 Å². The summed E-state index contributed by atoms with van der Waals surface area (Å²) in [6.45, 7) is 8.59. The second-order valence-electron chi connectivity index (χ2n) is 10.4.